The van der Waals surface area contributed by atoms with Crippen LogP contribution in [0.15, 0.2) is 83.8 Å². The van der Waals surface area contributed by atoms with Crippen LogP contribution >= 0.6 is 23.2 Å². The van der Waals surface area contributed by atoms with Crippen molar-refractivity contribution in [1.29, 1.82) is 0 Å². The maximum Gasteiger partial charge on any atom is 0.264 e. The van der Waals surface area contributed by atoms with Gasteiger partial charge in [-0.25, -0.2) is 8.42 Å². The normalized spacial score (nSPS) is 12.0. The summed E-state index contributed by atoms with van der Waals surface area (Å²) in [6, 6.07) is 20.9. The Bertz CT molecular complexity index is 1340. The molecule has 0 saturated heterocycles. The van der Waals surface area contributed by atoms with E-state index in [1.54, 1.807) is 25.1 Å². The van der Waals surface area contributed by atoms with Gasteiger partial charge < -0.3 is 10.2 Å². The molecule has 202 valence electrons. The number of benzene rings is 3. The highest BCUT2D eigenvalue weighted by molar-refractivity contribution is 7.92. The lowest BCUT2D eigenvalue weighted by Gasteiger charge is -2.32. The van der Waals surface area contributed by atoms with E-state index in [2.05, 4.69) is 5.32 Å². The van der Waals surface area contributed by atoms with Gasteiger partial charge in [-0.2, -0.15) is 0 Å². The van der Waals surface area contributed by atoms with Crippen LogP contribution in [0.1, 0.15) is 25.8 Å². The number of hydrogen-bond donors (Lipinski definition) is 1. The van der Waals surface area contributed by atoms with Crippen molar-refractivity contribution in [3.8, 4) is 0 Å². The van der Waals surface area contributed by atoms with Crippen molar-refractivity contribution in [2.75, 3.05) is 23.9 Å². The maximum atomic E-state index is 13.8. The monoisotopic (exact) mass is 575 g/mol. The van der Waals surface area contributed by atoms with Crippen LogP contribution in [0.5, 0.6) is 0 Å². The third-order valence-corrected chi connectivity index (χ3v) is 8.30. The fourth-order valence-corrected chi connectivity index (χ4v) is 5.90. The molecule has 1 atom stereocenters. The van der Waals surface area contributed by atoms with Crippen LogP contribution in [0, 0.1) is 0 Å². The lowest BCUT2D eigenvalue weighted by molar-refractivity contribution is -0.138. The maximum absolute atomic E-state index is 13.8. The van der Waals surface area contributed by atoms with Gasteiger partial charge in [0.15, 0.2) is 0 Å². The summed E-state index contributed by atoms with van der Waals surface area (Å²) in [5.74, 6) is -0.846. The molecule has 0 unspecified atom stereocenters. The molecule has 7 nitrogen and oxygen atoms in total. The second-order valence-electron chi connectivity index (χ2n) is 8.71. The first-order chi connectivity index (χ1) is 18.1. The van der Waals surface area contributed by atoms with Crippen molar-refractivity contribution in [2.45, 2.75) is 37.6 Å². The average Bonchev–Trinajstić information content (AvgIpc) is 2.91. The summed E-state index contributed by atoms with van der Waals surface area (Å²) in [6.45, 7) is 3.71. The van der Waals surface area contributed by atoms with Gasteiger partial charge in [0.25, 0.3) is 10.0 Å². The third-order valence-electron chi connectivity index (χ3n) is 5.99. The molecule has 3 aromatic rings. The Hall–Kier alpha value is -3.07. The average molecular weight is 577 g/mol. The first kappa shape index (κ1) is 29.5. The quantitative estimate of drug-likeness (QED) is 0.322. The molecule has 0 fully saturated rings. The lowest BCUT2D eigenvalue weighted by atomic mass is 10.1. The van der Waals surface area contributed by atoms with E-state index < -0.39 is 28.5 Å². The fourth-order valence-electron chi connectivity index (χ4n) is 3.88. The van der Waals surface area contributed by atoms with Gasteiger partial charge in [0.2, 0.25) is 11.8 Å². The second kappa shape index (κ2) is 13.6. The molecule has 3 aromatic carbocycles. The van der Waals surface area contributed by atoms with Crippen LogP contribution in [0.2, 0.25) is 10.0 Å². The molecule has 3 rings (SSSR count). The molecule has 0 aliphatic rings. The predicted octanol–water partition coefficient (Wildman–Crippen LogP) is 5.17. The number of carbonyl (C=O) groups excluding carboxylic acids is 2. The molecule has 0 radical (unpaired) electrons. The third kappa shape index (κ3) is 7.49. The molecule has 2 amide bonds. The Morgan fingerprint density at radius 3 is 2.18 bits per heavy atom. The largest absolute Gasteiger partial charge is 0.354 e. The molecule has 0 aliphatic heterocycles. The zero-order valence-electron chi connectivity index (χ0n) is 21.3. The molecule has 0 saturated carbocycles. The minimum Gasteiger partial charge on any atom is -0.354 e. The highest BCUT2D eigenvalue weighted by Gasteiger charge is 2.33. The van der Waals surface area contributed by atoms with E-state index in [9.17, 15) is 18.0 Å². The Labute approximate surface area is 234 Å². The second-order valence-corrected chi connectivity index (χ2v) is 11.4. The molecule has 10 heteroatoms. The lowest BCUT2D eigenvalue weighted by Crippen LogP contribution is -2.52. The number of amides is 2. The van der Waals surface area contributed by atoms with Crippen LogP contribution in [-0.2, 0) is 26.0 Å². The number of anilines is 1. The minimum atomic E-state index is -4.19. The van der Waals surface area contributed by atoms with Crippen LogP contribution in [0.25, 0.3) is 0 Å². The van der Waals surface area contributed by atoms with Crippen molar-refractivity contribution < 1.29 is 18.0 Å². The number of nitrogens with one attached hydrogen (secondary N) is 1. The van der Waals surface area contributed by atoms with Gasteiger partial charge in [0, 0.05) is 18.1 Å². The Morgan fingerprint density at radius 1 is 0.947 bits per heavy atom. The highest BCUT2D eigenvalue weighted by Crippen LogP contribution is 2.32. The Balaban J connectivity index is 1.98. The Kier molecular flexibility index (Phi) is 10.6. The Morgan fingerprint density at radius 2 is 1.58 bits per heavy atom. The van der Waals surface area contributed by atoms with Gasteiger partial charge in [0.1, 0.15) is 12.6 Å². The standard InChI is InChI=1S/C28H31Cl2N3O4S/c1-3-17-31-28(35)21(2)32(18-16-22-10-6-4-7-11-22)27(34)20-33(26-15-14-23(29)19-25(26)30)38(36,37)24-12-8-5-9-13-24/h4-15,19,21H,3,16-18,20H2,1-2H3,(H,31,35)/t21-/m0/s1. The van der Waals surface area contributed by atoms with E-state index in [1.807, 2.05) is 37.3 Å². The van der Waals surface area contributed by atoms with Crippen LogP contribution in [0.4, 0.5) is 5.69 Å². The van der Waals surface area contributed by atoms with Gasteiger partial charge in [-0.05, 0) is 55.7 Å². The molecule has 0 aromatic heterocycles. The van der Waals surface area contributed by atoms with E-state index in [1.165, 1.54) is 35.2 Å². The van der Waals surface area contributed by atoms with E-state index in [0.717, 1.165) is 16.3 Å². The minimum absolute atomic E-state index is 0.00314. The molecule has 0 aliphatic carbocycles. The van der Waals surface area contributed by atoms with Gasteiger partial charge in [-0.3, -0.25) is 13.9 Å². The van der Waals surface area contributed by atoms with Crippen LogP contribution in [0.3, 0.4) is 0 Å². The number of carbonyl (C=O) groups is 2. The van der Waals surface area contributed by atoms with Crippen molar-refractivity contribution in [3.05, 3.63) is 94.5 Å². The summed E-state index contributed by atoms with van der Waals surface area (Å²) in [4.78, 5) is 28.1. The van der Waals surface area contributed by atoms with E-state index >= 15 is 0 Å². The van der Waals surface area contributed by atoms with Crippen LogP contribution < -0.4 is 9.62 Å². The number of hydrogen-bond acceptors (Lipinski definition) is 4. The number of sulfonamides is 1. The smallest absolute Gasteiger partial charge is 0.264 e. The summed E-state index contributed by atoms with van der Waals surface area (Å²) < 4.78 is 28.4. The van der Waals surface area contributed by atoms with Crippen LogP contribution in [-0.4, -0.2) is 50.8 Å². The van der Waals surface area contributed by atoms with Crippen molar-refractivity contribution in [2.24, 2.45) is 0 Å². The SMILES string of the molecule is CCCNC(=O)[C@H](C)N(CCc1ccccc1)C(=O)CN(c1ccc(Cl)cc1Cl)S(=O)(=O)c1ccccc1. The summed E-state index contributed by atoms with van der Waals surface area (Å²) in [6.07, 6.45) is 1.24. The number of nitrogens with zero attached hydrogens (tertiary/aromatic N) is 2. The van der Waals surface area contributed by atoms with Gasteiger partial charge >= 0.3 is 0 Å². The molecule has 0 heterocycles. The first-order valence-electron chi connectivity index (χ1n) is 12.3. The van der Waals surface area contributed by atoms with Crippen molar-refractivity contribution in [3.63, 3.8) is 0 Å². The van der Waals surface area contributed by atoms with Crippen molar-refractivity contribution >= 4 is 50.7 Å². The van der Waals surface area contributed by atoms with E-state index in [-0.39, 0.29) is 28.1 Å². The highest BCUT2D eigenvalue weighted by atomic mass is 35.5. The van der Waals surface area contributed by atoms with Crippen molar-refractivity contribution in [1.82, 2.24) is 10.2 Å². The number of rotatable bonds is 12. The zero-order chi connectivity index (χ0) is 27.7. The van der Waals surface area contributed by atoms with Gasteiger partial charge in [-0.15, -0.1) is 0 Å². The fraction of sp³-hybridized carbons (Fsp3) is 0.286. The molecular formula is C28H31Cl2N3O4S. The van der Waals surface area contributed by atoms with Gasteiger partial charge in [-0.1, -0.05) is 78.7 Å². The van der Waals surface area contributed by atoms with E-state index in [0.29, 0.717) is 18.0 Å². The topological polar surface area (TPSA) is 86.8 Å². The summed E-state index contributed by atoms with van der Waals surface area (Å²) >= 11 is 12.5. The molecule has 0 spiro atoms. The number of halogens is 2. The summed E-state index contributed by atoms with van der Waals surface area (Å²) in [5, 5.41) is 3.23. The van der Waals surface area contributed by atoms with E-state index in [4.69, 9.17) is 23.2 Å². The summed E-state index contributed by atoms with van der Waals surface area (Å²) in [5.41, 5.74) is 1.10. The summed E-state index contributed by atoms with van der Waals surface area (Å²) in [7, 11) is -4.19. The predicted molar refractivity (Wildman–Crippen MR) is 152 cm³/mol. The molecule has 38 heavy (non-hydrogen) atoms. The van der Waals surface area contributed by atoms with Gasteiger partial charge in [0.05, 0.1) is 15.6 Å². The zero-order valence-corrected chi connectivity index (χ0v) is 23.6. The molecule has 1 N–H and O–H groups in total. The molecule has 0 bridgehead atoms. The molecular weight excluding hydrogens is 545 g/mol. The first-order valence-corrected chi connectivity index (χ1v) is 14.5.